The van der Waals surface area contributed by atoms with Gasteiger partial charge in [0.25, 0.3) is 0 Å². The molecular formula is C23H20ClN3O3. The highest BCUT2D eigenvalue weighted by molar-refractivity contribution is 6.30. The molecule has 0 fully saturated rings. The molecule has 0 bridgehead atoms. The Hall–Kier alpha value is -3.43. The van der Waals surface area contributed by atoms with Gasteiger partial charge >= 0.3 is 0 Å². The lowest BCUT2D eigenvalue weighted by molar-refractivity contribution is -0.116. The van der Waals surface area contributed by atoms with Crippen molar-refractivity contribution in [1.82, 2.24) is 9.78 Å². The maximum Gasteiger partial charge on any atom is 0.226 e. The number of halogens is 1. The fraction of sp³-hybridized carbons (Fsp3) is 0.217. The van der Waals surface area contributed by atoms with E-state index in [-0.39, 0.29) is 18.4 Å². The van der Waals surface area contributed by atoms with Crippen LogP contribution in [0.4, 0.5) is 5.82 Å². The first-order valence-electron chi connectivity index (χ1n) is 9.57. The van der Waals surface area contributed by atoms with Crippen molar-refractivity contribution >= 4 is 23.3 Å². The van der Waals surface area contributed by atoms with E-state index in [1.807, 2.05) is 37.3 Å². The van der Waals surface area contributed by atoms with E-state index in [0.29, 0.717) is 35.4 Å². The number of ether oxygens (including phenoxy) is 2. The smallest absolute Gasteiger partial charge is 0.226 e. The summed E-state index contributed by atoms with van der Waals surface area (Å²) < 4.78 is 13.0. The predicted octanol–water partition coefficient (Wildman–Crippen LogP) is 4.41. The minimum absolute atomic E-state index is 0.0816. The summed E-state index contributed by atoms with van der Waals surface area (Å²) in [6.45, 7) is 2.54. The van der Waals surface area contributed by atoms with E-state index in [1.54, 1.807) is 23.0 Å². The van der Waals surface area contributed by atoms with Crippen LogP contribution in [0.25, 0.3) is 5.69 Å². The first-order chi connectivity index (χ1) is 14.6. The van der Waals surface area contributed by atoms with Gasteiger partial charge in [0.2, 0.25) is 5.91 Å². The van der Waals surface area contributed by atoms with E-state index in [9.17, 15) is 4.79 Å². The van der Waals surface area contributed by atoms with Crippen molar-refractivity contribution in [2.45, 2.75) is 19.3 Å². The summed E-state index contributed by atoms with van der Waals surface area (Å²) in [5.41, 5.74) is 2.64. The van der Waals surface area contributed by atoms with Gasteiger partial charge in [0.05, 0.1) is 18.5 Å². The Morgan fingerprint density at radius 1 is 1.27 bits per heavy atom. The van der Waals surface area contributed by atoms with E-state index >= 15 is 0 Å². The minimum Gasteiger partial charge on any atom is -0.490 e. The van der Waals surface area contributed by atoms with E-state index < -0.39 is 0 Å². The number of nitrogens with zero attached hydrogens (tertiary/aromatic N) is 2. The molecular weight excluding hydrogens is 402 g/mol. The summed E-state index contributed by atoms with van der Waals surface area (Å²) in [6.07, 6.45) is 7.39. The van der Waals surface area contributed by atoms with Crippen molar-refractivity contribution in [1.29, 1.82) is 0 Å². The van der Waals surface area contributed by atoms with Crippen molar-refractivity contribution in [3.63, 3.8) is 0 Å². The van der Waals surface area contributed by atoms with Crippen LogP contribution in [0.3, 0.4) is 0 Å². The van der Waals surface area contributed by atoms with E-state index in [2.05, 4.69) is 16.3 Å². The number of amides is 1. The minimum atomic E-state index is -0.164. The number of hydrogen-bond acceptors (Lipinski definition) is 4. The van der Waals surface area contributed by atoms with Gasteiger partial charge in [-0.3, -0.25) is 4.79 Å². The molecule has 0 saturated heterocycles. The largest absolute Gasteiger partial charge is 0.490 e. The van der Waals surface area contributed by atoms with Crippen LogP contribution in [0.2, 0.25) is 5.02 Å². The summed E-state index contributed by atoms with van der Waals surface area (Å²) >= 11 is 6.13. The maximum atomic E-state index is 12.5. The first kappa shape index (κ1) is 19.9. The van der Waals surface area contributed by atoms with E-state index in [1.165, 1.54) is 0 Å². The van der Waals surface area contributed by atoms with E-state index in [0.717, 1.165) is 16.8 Å². The standard InChI is InChI=1S/C23H20ClN3O3/c1-3-10-30-20-9-8-15(11-21(20)29-4-2)18-13-22(28)26-23-19(18)14-25-27(23)17-7-5-6-16(24)12-17/h1,5-9,11-12,14,18H,4,10,13H2,2H3,(H,26,28)/t18-/m1/s1. The number of rotatable bonds is 6. The quantitative estimate of drug-likeness (QED) is 0.599. The third kappa shape index (κ3) is 3.85. The highest BCUT2D eigenvalue weighted by Crippen LogP contribution is 2.41. The summed E-state index contributed by atoms with van der Waals surface area (Å²) in [5, 5.41) is 8.04. The molecule has 1 aromatic heterocycles. The van der Waals surface area contributed by atoms with Crippen LogP contribution in [0, 0.1) is 12.3 Å². The Kier molecular flexibility index (Phi) is 5.64. The van der Waals surface area contributed by atoms with Gasteiger partial charge in [-0.25, -0.2) is 4.68 Å². The van der Waals surface area contributed by atoms with Gasteiger partial charge in [-0.15, -0.1) is 6.42 Å². The number of nitrogens with one attached hydrogen (secondary N) is 1. The van der Waals surface area contributed by atoms with Crippen LogP contribution >= 0.6 is 11.6 Å². The zero-order valence-corrected chi connectivity index (χ0v) is 17.1. The summed E-state index contributed by atoms with van der Waals surface area (Å²) in [6, 6.07) is 13.0. The molecule has 4 rings (SSSR count). The lowest BCUT2D eigenvalue weighted by Gasteiger charge is -2.24. The molecule has 1 atom stereocenters. The van der Waals surface area contributed by atoms with Gasteiger partial charge in [-0.1, -0.05) is 29.7 Å². The zero-order chi connectivity index (χ0) is 21.1. The number of terminal acetylenes is 1. The lowest BCUT2D eigenvalue weighted by atomic mass is 9.87. The van der Waals surface area contributed by atoms with Crippen LogP contribution in [0.1, 0.15) is 30.4 Å². The molecule has 1 aliphatic heterocycles. The molecule has 1 amide bonds. The Balaban J connectivity index is 1.74. The molecule has 30 heavy (non-hydrogen) atoms. The number of aromatic nitrogens is 2. The van der Waals surface area contributed by atoms with E-state index in [4.69, 9.17) is 27.5 Å². The average molecular weight is 422 g/mol. The highest BCUT2D eigenvalue weighted by Gasteiger charge is 2.31. The summed E-state index contributed by atoms with van der Waals surface area (Å²) in [4.78, 5) is 12.5. The van der Waals surface area contributed by atoms with Gasteiger partial charge in [0.15, 0.2) is 11.5 Å². The molecule has 2 aromatic carbocycles. The summed E-state index contributed by atoms with van der Waals surface area (Å²) in [5.74, 6) is 4.02. The molecule has 7 heteroatoms. The molecule has 1 aliphatic rings. The third-order valence-electron chi connectivity index (χ3n) is 4.85. The molecule has 0 spiro atoms. The fourth-order valence-electron chi connectivity index (χ4n) is 3.57. The third-order valence-corrected chi connectivity index (χ3v) is 5.09. The molecule has 0 unspecified atom stereocenters. The SMILES string of the molecule is C#CCOc1ccc([C@H]2CC(=O)Nc3c2cnn3-c2cccc(Cl)c2)cc1OCC. The molecule has 0 radical (unpaired) electrons. The van der Waals surface area contributed by atoms with Crippen molar-refractivity contribution in [2.24, 2.45) is 0 Å². The van der Waals surface area contributed by atoms with Crippen LogP contribution in [-0.4, -0.2) is 28.9 Å². The second-order valence-corrected chi connectivity index (χ2v) is 7.21. The molecule has 3 aromatic rings. The fourth-order valence-corrected chi connectivity index (χ4v) is 3.75. The number of anilines is 1. The van der Waals surface area contributed by atoms with Crippen LogP contribution < -0.4 is 14.8 Å². The first-order valence-corrected chi connectivity index (χ1v) is 9.95. The Labute approximate surface area is 179 Å². The van der Waals surface area contributed by atoms with Crippen LogP contribution in [0.5, 0.6) is 11.5 Å². The van der Waals surface area contributed by atoms with Gasteiger partial charge < -0.3 is 14.8 Å². The highest BCUT2D eigenvalue weighted by atomic mass is 35.5. The maximum absolute atomic E-state index is 12.5. The number of carbonyl (C=O) groups is 1. The number of hydrogen-bond donors (Lipinski definition) is 1. The van der Waals surface area contributed by atoms with Gasteiger partial charge in [0, 0.05) is 22.9 Å². The van der Waals surface area contributed by atoms with Crippen molar-refractivity contribution < 1.29 is 14.3 Å². The molecule has 0 saturated carbocycles. The summed E-state index contributed by atoms with van der Waals surface area (Å²) in [7, 11) is 0. The normalized spacial score (nSPS) is 15.1. The van der Waals surface area contributed by atoms with Crippen LogP contribution in [-0.2, 0) is 4.79 Å². The topological polar surface area (TPSA) is 65.4 Å². The second-order valence-electron chi connectivity index (χ2n) is 6.78. The van der Waals surface area contributed by atoms with Crippen molar-refractivity contribution in [3.05, 3.63) is 64.8 Å². The number of carbonyl (C=O) groups excluding carboxylic acids is 1. The Bertz CT molecular complexity index is 1130. The zero-order valence-electron chi connectivity index (χ0n) is 16.4. The monoisotopic (exact) mass is 421 g/mol. The Morgan fingerprint density at radius 2 is 2.13 bits per heavy atom. The molecule has 152 valence electrons. The molecule has 2 heterocycles. The molecule has 6 nitrogen and oxygen atoms in total. The average Bonchev–Trinajstić information content (AvgIpc) is 3.16. The Morgan fingerprint density at radius 3 is 2.90 bits per heavy atom. The predicted molar refractivity (Wildman–Crippen MR) is 116 cm³/mol. The van der Waals surface area contributed by atoms with Crippen LogP contribution in [0.15, 0.2) is 48.7 Å². The van der Waals surface area contributed by atoms with Crippen molar-refractivity contribution in [2.75, 3.05) is 18.5 Å². The van der Waals surface area contributed by atoms with Gasteiger partial charge in [0.1, 0.15) is 12.4 Å². The van der Waals surface area contributed by atoms with Gasteiger partial charge in [-0.2, -0.15) is 5.10 Å². The second kappa shape index (κ2) is 8.52. The molecule has 1 N–H and O–H groups in total. The number of fused-ring (bicyclic) bond motifs is 1. The van der Waals surface area contributed by atoms with Gasteiger partial charge in [-0.05, 0) is 42.8 Å². The lowest BCUT2D eigenvalue weighted by Crippen LogP contribution is -2.24. The van der Waals surface area contributed by atoms with Crippen molar-refractivity contribution in [3.8, 4) is 29.5 Å². The molecule has 0 aliphatic carbocycles. The number of benzene rings is 2.